The molecule has 0 radical (unpaired) electrons. The molecule has 0 saturated carbocycles. The van der Waals surface area contributed by atoms with Gasteiger partial charge in [0, 0.05) is 9.22 Å². The third kappa shape index (κ3) is 8.44. The van der Waals surface area contributed by atoms with Crippen LogP contribution < -0.4 is 4.72 Å². The zero-order valence-electron chi connectivity index (χ0n) is 16.2. The van der Waals surface area contributed by atoms with E-state index in [2.05, 4.69) is 20.7 Å². The molecule has 0 amide bonds. The molecule has 8 heteroatoms. The van der Waals surface area contributed by atoms with Crippen molar-refractivity contribution < 1.29 is 22.7 Å². The van der Waals surface area contributed by atoms with Crippen LogP contribution in [0.25, 0.3) is 0 Å². The third-order valence-electron chi connectivity index (χ3n) is 3.88. The van der Waals surface area contributed by atoms with Gasteiger partial charge in [-0.05, 0) is 58.7 Å². The van der Waals surface area contributed by atoms with Crippen LogP contribution in [0.5, 0.6) is 0 Å². The van der Waals surface area contributed by atoms with Crippen molar-refractivity contribution in [3.63, 3.8) is 0 Å². The summed E-state index contributed by atoms with van der Waals surface area (Å²) in [7, 11) is 0. The Morgan fingerprint density at radius 3 is 2.37 bits per heavy atom. The van der Waals surface area contributed by atoms with Crippen LogP contribution in [0.3, 0.4) is 0 Å². The summed E-state index contributed by atoms with van der Waals surface area (Å²) in [6, 6.07) is 7.20. The van der Waals surface area contributed by atoms with Crippen molar-refractivity contribution in [3.8, 4) is 0 Å². The Kier molecular flexibility index (Phi) is 8.69. The lowest BCUT2D eigenvalue weighted by molar-refractivity contribution is -0.189. The van der Waals surface area contributed by atoms with Gasteiger partial charge in [-0.25, -0.2) is 0 Å². The molecule has 154 valence electrons. The molecule has 1 N–H and O–H groups in total. The van der Waals surface area contributed by atoms with Gasteiger partial charge in [-0.1, -0.05) is 40.0 Å². The van der Waals surface area contributed by atoms with E-state index in [0.717, 1.165) is 4.47 Å². The largest absolute Gasteiger partial charge is 0.466 e. The van der Waals surface area contributed by atoms with Gasteiger partial charge in [0.1, 0.15) is 0 Å². The van der Waals surface area contributed by atoms with Crippen molar-refractivity contribution in [2.45, 2.75) is 63.9 Å². The van der Waals surface area contributed by atoms with Crippen LogP contribution in [0, 0.1) is 5.92 Å². The number of halogens is 4. The van der Waals surface area contributed by atoms with Gasteiger partial charge in [-0.2, -0.15) is 13.2 Å². The molecule has 0 bridgehead atoms. The number of hydrogen-bond acceptors (Lipinski definition) is 4. The van der Waals surface area contributed by atoms with E-state index in [0.29, 0.717) is 5.56 Å². The van der Waals surface area contributed by atoms with E-state index in [4.69, 9.17) is 4.74 Å². The van der Waals surface area contributed by atoms with Crippen LogP contribution in [0.15, 0.2) is 28.7 Å². The number of rotatable bonds is 8. The minimum absolute atomic E-state index is 0.0600. The molecule has 0 spiro atoms. The molecule has 2 unspecified atom stereocenters. The standard InChI is InChI=1S/C19H27BrF3NO2S/c1-6-26-16(25)11-14(19(21,22)23)12-18(5,24-27-17(2,3)4)13-8-7-9-15(20)10-13/h7-10,14,24H,6,11-12H2,1-5H3. The van der Waals surface area contributed by atoms with Crippen LogP contribution in [0.2, 0.25) is 0 Å². The second kappa shape index (κ2) is 9.65. The van der Waals surface area contributed by atoms with Gasteiger partial charge < -0.3 is 4.74 Å². The highest BCUT2D eigenvalue weighted by molar-refractivity contribution is 9.10. The first-order valence-corrected chi connectivity index (χ1v) is 10.3. The van der Waals surface area contributed by atoms with Crippen molar-refractivity contribution in [2.24, 2.45) is 5.92 Å². The first-order valence-electron chi connectivity index (χ1n) is 8.70. The molecule has 1 aromatic rings. The maximum Gasteiger partial charge on any atom is 0.392 e. The van der Waals surface area contributed by atoms with E-state index >= 15 is 0 Å². The van der Waals surface area contributed by atoms with Crippen molar-refractivity contribution in [1.29, 1.82) is 0 Å². The summed E-state index contributed by atoms with van der Waals surface area (Å²) in [5.74, 6) is -2.64. The number of benzene rings is 1. The van der Waals surface area contributed by atoms with Gasteiger partial charge in [-0.15, -0.1) is 0 Å². The first-order chi connectivity index (χ1) is 12.3. The van der Waals surface area contributed by atoms with Gasteiger partial charge in [0.15, 0.2) is 0 Å². The Morgan fingerprint density at radius 2 is 1.89 bits per heavy atom. The number of esters is 1. The molecular weight excluding hydrogens is 443 g/mol. The molecule has 0 aliphatic carbocycles. The summed E-state index contributed by atoms with van der Waals surface area (Å²) in [6.07, 6.45) is -5.48. The van der Waals surface area contributed by atoms with Crippen LogP contribution in [-0.2, 0) is 15.1 Å². The van der Waals surface area contributed by atoms with Crippen molar-refractivity contribution >= 4 is 33.8 Å². The number of nitrogens with one attached hydrogen (secondary N) is 1. The average molecular weight is 470 g/mol. The molecule has 0 fully saturated rings. The Hall–Kier alpha value is -0.730. The third-order valence-corrected chi connectivity index (χ3v) is 5.54. The molecule has 0 aromatic heterocycles. The molecule has 0 aliphatic rings. The van der Waals surface area contributed by atoms with Crippen molar-refractivity contribution in [3.05, 3.63) is 34.3 Å². The summed E-state index contributed by atoms with van der Waals surface area (Å²) < 4.78 is 49.6. The number of carbonyl (C=O) groups excluding carboxylic acids is 1. The van der Waals surface area contributed by atoms with Crippen molar-refractivity contribution in [2.75, 3.05) is 6.61 Å². The van der Waals surface area contributed by atoms with Crippen LogP contribution in [0.1, 0.15) is 53.0 Å². The van der Waals surface area contributed by atoms with Crippen LogP contribution in [0.4, 0.5) is 13.2 Å². The first kappa shape index (κ1) is 24.3. The summed E-state index contributed by atoms with van der Waals surface area (Å²) in [5.41, 5.74) is -0.277. The highest BCUT2D eigenvalue weighted by Crippen LogP contribution is 2.41. The maximum atomic E-state index is 13.7. The molecule has 0 heterocycles. The van der Waals surface area contributed by atoms with Gasteiger partial charge in [0.2, 0.25) is 0 Å². The lowest BCUT2D eigenvalue weighted by Gasteiger charge is -2.37. The lowest BCUT2D eigenvalue weighted by Crippen LogP contribution is -2.42. The summed E-state index contributed by atoms with van der Waals surface area (Å²) in [5, 5.41) is 0. The number of hydrogen-bond donors (Lipinski definition) is 1. The van der Waals surface area contributed by atoms with E-state index in [1.807, 2.05) is 26.8 Å². The van der Waals surface area contributed by atoms with E-state index in [1.165, 1.54) is 11.9 Å². The predicted molar refractivity (Wildman–Crippen MR) is 107 cm³/mol. The van der Waals surface area contributed by atoms with Crippen molar-refractivity contribution in [1.82, 2.24) is 4.72 Å². The number of carbonyl (C=O) groups is 1. The minimum Gasteiger partial charge on any atom is -0.466 e. The highest BCUT2D eigenvalue weighted by Gasteiger charge is 2.46. The smallest absolute Gasteiger partial charge is 0.392 e. The minimum atomic E-state index is -4.51. The number of alkyl halides is 3. The molecule has 1 aromatic carbocycles. The molecule has 1 rings (SSSR count). The fraction of sp³-hybridized carbons (Fsp3) is 0.632. The number of ether oxygens (including phenoxy) is 1. The van der Waals surface area contributed by atoms with Gasteiger partial charge in [0.05, 0.1) is 24.5 Å². The van der Waals surface area contributed by atoms with Gasteiger partial charge in [0.25, 0.3) is 0 Å². The fourth-order valence-electron chi connectivity index (χ4n) is 2.53. The second-order valence-corrected chi connectivity index (χ2v) is 10.2. The van der Waals surface area contributed by atoms with Gasteiger partial charge >= 0.3 is 12.1 Å². The maximum absolute atomic E-state index is 13.7. The van der Waals surface area contributed by atoms with Crippen LogP contribution in [-0.4, -0.2) is 23.5 Å². The SMILES string of the molecule is CCOC(=O)CC(CC(C)(NSC(C)(C)C)c1cccc(Br)c1)C(F)(F)F. The average Bonchev–Trinajstić information content (AvgIpc) is 2.51. The predicted octanol–water partition coefficient (Wildman–Crippen LogP) is 6.22. The molecule has 3 nitrogen and oxygen atoms in total. The molecule has 0 aliphatic heterocycles. The molecule has 27 heavy (non-hydrogen) atoms. The zero-order valence-corrected chi connectivity index (χ0v) is 18.6. The lowest BCUT2D eigenvalue weighted by atomic mass is 9.82. The highest BCUT2D eigenvalue weighted by atomic mass is 79.9. The fourth-order valence-corrected chi connectivity index (χ4v) is 3.67. The van der Waals surface area contributed by atoms with Crippen LogP contribution >= 0.6 is 27.9 Å². The monoisotopic (exact) mass is 469 g/mol. The molecular formula is C19H27BrF3NO2S. The summed E-state index contributed by atoms with van der Waals surface area (Å²) >= 11 is 4.75. The Labute approximate surface area is 172 Å². The second-order valence-electron chi connectivity index (χ2n) is 7.61. The Bertz CT molecular complexity index is 634. The zero-order chi connectivity index (χ0) is 20.9. The molecule has 0 saturated heterocycles. The van der Waals surface area contributed by atoms with E-state index in [1.54, 1.807) is 32.0 Å². The van der Waals surface area contributed by atoms with E-state index in [9.17, 15) is 18.0 Å². The Balaban J connectivity index is 3.20. The molecule has 2 atom stereocenters. The van der Waals surface area contributed by atoms with E-state index < -0.39 is 30.0 Å². The summed E-state index contributed by atoms with van der Waals surface area (Å²) in [4.78, 5) is 11.7. The topological polar surface area (TPSA) is 38.3 Å². The normalized spacial score (nSPS) is 15.9. The van der Waals surface area contributed by atoms with E-state index in [-0.39, 0.29) is 17.8 Å². The quantitative estimate of drug-likeness (QED) is 0.362. The van der Waals surface area contributed by atoms with Gasteiger partial charge in [-0.3, -0.25) is 9.52 Å². The Morgan fingerprint density at radius 1 is 1.26 bits per heavy atom. The summed E-state index contributed by atoms with van der Waals surface area (Å²) in [6.45, 7) is 9.30.